The highest BCUT2D eigenvalue weighted by atomic mass is 19.1. The summed E-state index contributed by atoms with van der Waals surface area (Å²) in [4.78, 5) is 3.38. The van der Waals surface area contributed by atoms with Gasteiger partial charge in [0.25, 0.3) is 0 Å². The average Bonchev–Trinajstić information content (AvgIpc) is 2.08. The monoisotopic (exact) mass is 130 g/mol. The number of rotatable bonds is 1. The largest absolute Gasteiger partial charge is 0.481 e. The van der Waals surface area contributed by atoms with Crippen LogP contribution in [-0.2, 0) is 0 Å². The molecule has 0 aliphatic heterocycles. The highest BCUT2D eigenvalue weighted by molar-refractivity contribution is 5.10. The Morgan fingerprint density at radius 2 is 2.67 bits per heavy atom. The van der Waals surface area contributed by atoms with Crippen molar-refractivity contribution in [3.63, 3.8) is 0 Å². The Hall–Kier alpha value is -1.12. The smallest absolute Gasteiger partial charge is 0.215 e. The molecule has 1 aromatic heterocycles. The summed E-state index contributed by atoms with van der Waals surface area (Å²) in [5.41, 5.74) is 0. The number of hydrogen-bond acceptors (Lipinski definition) is 2. The van der Waals surface area contributed by atoms with Crippen LogP contribution in [0.25, 0.3) is 0 Å². The fourth-order valence-electron chi connectivity index (χ4n) is 0.378. The van der Waals surface area contributed by atoms with Gasteiger partial charge in [-0.25, -0.2) is 9.37 Å². The second-order valence-corrected chi connectivity index (χ2v) is 1.30. The summed E-state index contributed by atoms with van der Waals surface area (Å²) in [6.07, 6.45) is -0.527. The number of nitrogens with zero attached hydrogens (tertiary/aromatic N) is 1. The van der Waals surface area contributed by atoms with E-state index in [0.717, 1.165) is 0 Å². The van der Waals surface area contributed by atoms with Gasteiger partial charge < -0.3 is 4.74 Å². The van der Waals surface area contributed by atoms with Gasteiger partial charge in [0.15, 0.2) is 0 Å². The minimum Gasteiger partial charge on any atom is -0.481 e. The van der Waals surface area contributed by atoms with Gasteiger partial charge in [-0.3, -0.25) is 0 Å². The van der Waals surface area contributed by atoms with E-state index in [1.54, 1.807) is 0 Å². The average molecular weight is 130 g/mol. The predicted octanol–water partition coefficient (Wildman–Crippen LogP) is 1.23. The van der Waals surface area contributed by atoms with Gasteiger partial charge in [0.2, 0.25) is 5.88 Å². The number of hydrogen-bond donors (Lipinski definition) is 0. The van der Waals surface area contributed by atoms with Gasteiger partial charge in [-0.05, 0) is 6.04 Å². The summed E-state index contributed by atoms with van der Waals surface area (Å²) < 4.78 is 38.4. The lowest BCUT2D eigenvalue weighted by Gasteiger charge is -1.94. The molecule has 0 saturated carbocycles. The van der Waals surface area contributed by atoms with E-state index in [1.165, 1.54) is 7.11 Å². The van der Waals surface area contributed by atoms with Crippen LogP contribution >= 0.6 is 0 Å². The van der Waals surface area contributed by atoms with E-state index < -0.39 is 24.1 Å². The van der Waals surface area contributed by atoms with Gasteiger partial charge in [-0.2, -0.15) is 0 Å². The lowest BCUT2D eigenvalue weighted by atomic mass is 10.5. The molecule has 1 rings (SSSR count). The normalized spacial score (nSPS) is 13.8. The first-order valence-electron chi connectivity index (χ1n) is 3.75. The lowest BCUT2D eigenvalue weighted by Crippen LogP contribution is -1.86. The molecule has 0 amide bonds. The van der Waals surface area contributed by atoms with Crippen molar-refractivity contribution in [1.82, 2.24) is 4.98 Å². The Morgan fingerprint density at radius 3 is 3.33 bits per heavy atom. The summed E-state index contributed by atoms with van der Waals surface area (Å²) in [7, 11) is 1.23. The second kappa shape index (κ2) is 2.44. The molecule has 1 aromatic rings. The molecule has 0 aromatic carbocycles. The Labute approximate surface area is 56.5 Å². The third-order valence-corrected chi connectivity index (χ3v) is 0.733. The number of aromatic nitrogens is 1. The Morgan fingerprint density at radius 1 is 1.89 bits per heavy atom. The van der Waals surface area contributed by atoms with Crippen molar-refractivity contribution < 1.29 is 13.2 Å². The fourth-order valence-corrected chi connectivity index (χ4v) is 0.378. The molecular weight excluding hydrogens is 121 g/mol. The van der Waals surface area contributed by atoms with Gasteiger partial charge in [0, 0.05) is 12.2 Å². The van der Waals surface area contributed by atoms with Crippen molar-refractivity contribution in [3.8, 4) is 5.88 Å². The maximum atomic E-state index is 12.8. The molecule has 0 N–H and O–H groups in total. The molecule has 0 unspecified atom stereocenters. The van der Waals surface area contributed by atoms with Crippen LogP contribution in [0.15, 0.2) is 18.3 Å². The molecule has 0 aliphatic rings. The maximum absolute atomic E-state index is 12.8. The van der Waals surface area contributed by atoms with Crippen LogP contribution in [0.5, 0.6) is 5.88 Å². The predicted molar refractivity (Wildman–Crippen MR) is 30.7 cm³/mol. The van der Waals surface area contributed by atoms with E-state index in [-0.39, 0.29) is 5.88 Å². The number of pyridine rings is 1. The Kier molecular flexibility index (Phi) is 0.853. The number of ether oxygens (including phenoxy) is 1. The van der Waals surface area contributed by atoms with Crippen LogP contribution in [0, 0.1) is 5.82 Å². The molecular formula is C6H6FNO. The van der Waals surface area contributed by atoms with Gasteiger partial charge in [-0.1, -0.05) is 0 Å². The molecule has 0 spiro atoms. The standard InChI is InChI=1S/C6H6FNO/c1-9-6-4-5(7)2-3-8-6/h2-4H,1H3/i2D,3D,4D. The molecule has 0 radical (unpaired) electrons. The van der Waals surface area contributed by atoms with Gasteiger partial charge in [0.05, 0.1) is 11.2 Å². The molecule has 0 fully saturated rings. The van der Waals surface area contributed by atoms with Crippen molar-refractivity contribution in [2.24, 2.45) is 0 Å². The zero-order chi connectivity index (χ0) is 9.30. The van der Waals surface area contributed by atoms with Gasteiger partial charge in [-0.15, -0.1) is 0 Å². The lowest BCUT2D eigenvalue weighted by molar-refractivity contribution is 0.394. The summed E-state index contributed by atoms with van der Waals surface area (Å²) in [6, 6.07) is -1.26. The van der Waals surface area contributed by atoms with E-state index in [4.69, 9.17) is 4.11 Å². The third-order valence-electron chi connectivity index (χ3n) is 0.733. The highest BCUT2D eigenvalue weighted by Gasteiger charge is 1.91. The minimum absolute atomic E-state index is 0.270. The van der Waals surface area contributed by atoms with E-state index in [0.29, 0.717) is 0 Å². The van der Waals surface area contributed by atoms with E-state index >= 15 is 0 Å². The highest BCUT2D eigenvalue weighted by Crippen LogP contribution is 2.05. The van der Waals surface area contributed by atoms with E-state index in [9.17, 15) is 4.39 Å². The summed E-state index contributed by atoms with van der Waals surface area (Å²) in [6.45, 7) is 0. The molecule has 48 valence electrons. The molecule has 0 bridgehead atoms. The van der Waals surface area contributed by atoms with Crippen LogP contribution in [0.4, 0.5) is 4.39 Å². The third kappa shape index (κ3) is 1.38. The van der Waals surface area contributed by atoms with Crippen LogP contribution in [0.2, 0.25) is 0 Å². The molecule has 0 saturated heterocycles. The van der Waals surface area contributed by atoms with Crippen molar-refractivity contribution in [2.45, 2.75) is 0 Å². The molecule has 9 heavy (non-hydrogen) atoms. The van der Waals surface area contributed by atoms with Gasteiger partial charge in [0.1, 0.15) is 5.82 Å². The zero-order valence-electron chi connectivity index (χ0n) is 7.73. The van der Waals surface area contributed by atoms with Crippen LogP contribution in [0.1, 0.15) is 4.11 Å². The van der Waals surface area contributed by atoms with Crippen molar-refractivity contribution in [2.75, 3.05) is 7.11 Å². The van der Waals surface area contributed by atoms with E-state index in [2.05, 4.69) is 9.72 Å². The quantitative estimate of drug-likeness (QED) is 0.570. The van der Waals surface area contributed by atoms with Crippen molar-refractivity contribution in [3.05, 3.63) is 24.1 Å². The maximum Gasteiger partial charge on any atom is 0.215 e. The van der Waals surface area contributed by atoms with Crippen molar-refractivity contribution in [1.29, 1.82) is 0 Å². The van der Waals surface area contributed by atoms with Gasteiger partial charge >= 0.3 is 0 Å². The Bertz CT molecular complexity index is 318. The van der Waals surface area contributed by atoms with Crippen molar-refractivity contribution >= 4 is 0 Å². The first-order chi connectivity index (χ1) is 5.57. The number of halogens is 1. The molecule has 2 nitrogen and oxygen atoms in total. The summed E-state index contributed by atoms with van der Waals surface area (Å²) in [5.74, 6) is -1.35. The Balaban J connectivity index is 3.39. The fraction of sp³-hybridized carbons (Fsp3) is 0.167. The van der Waals surface area contributed by atoms with Crippen LogP contribution < -0.4 is 4.74 Å². The SMILES string of the molecule is [2H]c1nc(OC)c([2H])c(F)c1[2H]. The molecule has 0 aliphatic carbocycles. The molecule has 3 heteroatoms. The summed E-state index contributed by atoms with van der Waals surface area (Å²) >= 11 is 0. The molecule has 0 atom stereocenters. The summed E-state index contributed by atoms with van der Waals surface area (Å²) in [5, 5.41) is 0. The minimum atomic E-state index is -1.08. The van der Waals surface area contributed by atoms with Crippen LogP contribution in [-0.4, -0.2) is 12.1 Å². The second-order valence-electron chi connectivity index (χ2n) is 1.30. The van der Waals surface area contributed by atoms with E-state index in [1.807, 2.05) is 0 Å². The zero-order valence-corrected chi connectivity index (χ0v) is 4.73. The topological polar surface area (TPSA) is 22.1 Å². The first kappa shape index (κ1) is 3.15. The number of methoxy groups -OCH3 is 1. The van der Waals surface area contributed by atoms with Crippen LogP contribution in [0.3, 0.4) is 0 Å². The molecule has 1 heterocycles. The first-order valence-corrected chi connectivity index (χ1v) is 2.25.